The number of halogens is 5. The zero-order chi connectivity index (χ0) is 13.3. The molecule has 1 heterocycles. The zero-order valence-corrected chi connectivity index (χ0v) is 10.7. The van der Waals surface area contributed by atoms with Crippen LogP contribution in [0.1, 0.15) is 12.8 Å². The average Bonchev–Trinajstić information content (AvgIpc) is 2.75. The molecule has 7 heteroatoms. The van der Waals surface area contributed by atoms with Gasteiger partial charge in [0.05, 0.1) is 5.02 Å². The van der Waals surface area contributed by atoms with E-state index in [4.69, 9.17) is 23.2 Å². The minimum atomic E-state index is -4.78. The average molecular weight is 300 g/mol. The van der Waals surface area contributed by atoms with Gasteiger partial charge in [-0.3, -0.25) is 0 Å². The van der Waals surface area contributed by atoms with Crippen LogP contribution in [-0.4, -0.2) is 19.5 Å². The molecule has 2 rings (SSSR count). The monoisotopic (exact) mass is 299 g/mol. The normalized spacial score (nSPS) is 16.2. The number of hydrogen-bond acceptors (Lipinski definition) is 2. The Morgan fingerprint density at radius 1 is 1.11 bits per heavy atom. The quantitative estimate of drug-likeness (QED) is 0.797. The van der Waals surface area contributed by atoms with Crippen LogP contribution in [0.15, 0.2) is 12.1 Å². The van der Waals surface area contributed by atoms with Gasteiger partial charge < -0.3 is 9.64 Å². The first-order chi connectivity index (χ1) is 8.37. The van der Waals surface area contributed by atoms with Gasteiger partial charge >= 0.3 is 6.36 Å². The van der Waals surface area contributed by atoms with Crippen LogP contribution >= 0.6 is 23.2 Å². The molecule has 1 fully saturated rings. The van der Waals surface area contributed by atoms with Gasteiger partial charge in [0.2, 0.25) is 0 Å². The smallest absolute Gasteiger partial charge is 0.404 e. The Morgan fingerprint density at radius 2 is 1.72 bits per heavy atom. The van der Waals surface area contributed by atoms with Crippen LogP contribution in [0.3, 0.4) is 0 Å². The lowest BCUT2D eigenvalue weighted by Crippen LogP contribution is -2.20. The summed E-state index contributed by atoms with van der Waals surface area (Å²) in [5.41, 5.74) is 0.598. The fraction of sp³-hybridized carbons (Fsp3) is 0.455. The summed E-state index contributed by atoms with van der Waals surface area (Å²) in [4.78, 5) is 1.95. The molecule has 0 bridgehead atoms. The van der Waals surface area contributed by atoms with Crippen molar-refractivity contribution in [2.45, 2.75) is 19.2 Å². The van der Waals surface area contributed by atoms with Crippen LogP contribution in [-0.2, 0) is 0 Å². The second-order valence-electron chi connectivity index (χ2n) is 3.98. The van der Waals surface area contributed by atoms with Crippen molar-refractivity contribution in [3.8, 4) is 5.75 Å². The molecular weight excluding hydrogens is 290 g/mol. The van der Waals surface area contributed by atoms with E-state index < -0.39 is 12.1 Å². The Balaban J connectivity index is 2.33. The first kappa shape index (κ1) is 13.6. The summed E-state index contributed by atoms with van der Waals surface area (Å²) in [6.45, 7) is 1.59. The molecule has 1 aromatic rings. The molecule has 0 aliphatic carbocycles. The number of rotatable bonds is 2. The van der Waals surface area contributed by atoms with E-state index in [1.54, 1.807) is 6.07 Å². The molecular formula is C11H10Cl2F3NO. The second kappa shape index (κ2) is 5.05. The lowest BCUT2D eigenvalue weighted by atomic mass is 10.2. The summed E-state index contributed by atoms with van der Waals surface area (Å²) in [7, 11) is 0. The van der Waals surface area contributed by atoms with Gasteiger partial charge in [-0.1, -0.05) is 23.2 Å². The predicted molar refractivity (Wildman–Crippen MR) is 64.6 cm³/mol. The summed E-state index contributed by atoms with van der Waals surface area (Å²) in [6.07, 6.45) is -2.76. The van der Waals surface area contributed by atoms with Crippen molar-refractivity contribution in [2.75, 3.05) is 18.0 Å². The van der Waals surface area contributed by atoms with Gasteiger partial charge in [-0.15, -0.1) is 13.2 Å². The van der Waals surface area contributed by atoms with E-state index in [1.165, 1.54) is 6.07 Å². The Hall–Kier alpha value is -0.810. The van der Waals surface area contributed by atoms with Gasteiger partial charge in [-0.2, -0.15) is 0 Å². The van der Waals surface area contributed by atoms with Crippen LogP contribution in [0.25, 0.3) is 0 Å². The first-order valence-corrected chi connectivity index (χ1v) is 6.12. The van der Waals surface area contributed by atoms with Crippen molar-refractivity contribution in [3.05, 3.63) is 22.2 Å². The van der Waals surface area contributed by atoms with E-state index in [-0.39, 0.29) is 10.0 Å². The largest absolute Gasteiger partial charge is 0.573 e. The molecule has 0 spiro atoms. The van der Waals surface area contributed by atoms with Crippen LogP contribution in [0.2, 0.25) is 10.0 Å². The Bertz CT molecular complexity index is 445. The zero-order valence-electron chi connectivity index (χ0n) is 9.23. The lowest BCUT2D eigenvalue weighted by Gasteiger charge is -2.20. The van der Waals surface area contributed by atoms with E-state index in [0.717, 1.165) is 25.9 Å². The minimum absolute atomic E-state index is 0.0558. The molecule has 1 aliphatic rings. The van der Waals surface area contributed by atoms with Crippen LogP contribution < -0.4 is 9.64 Å². The molecule has 0 amide bonds. The third-order valence-electron chi connectivity index (χ3n) is 2.68. The molecule has 2 nitrogen and oxygen atoms in total. The van der Waals surface area contributed by atoms with Crippen LogP contribution in [0.5, 0.6) is 5.75 Å². The molecule has 0 saturated carbocycles. The molecule has 1 aliphatic heterocycles. The van der Waals surface area contributed by atoms with Gasteiger partial charge in [0.15, 0.2) is 5.75 Å². The highest BCUT2D eigenvalue weighted by molar-refractivity contribution is 6.43. The molecule has 0 N–H and O–H groups in total. The van der Waals surface area contributed by atoms with E-state index in [0.29, 0.717) is 5.69 Å². The van der Waals surface area contributed by atoms with Crippen molar-refractivity contribution in [1.29, 1.82) is 0 Å². The van der Waals surface area contributed by atoms with Crippen molar-refractivity contribution >= 4 is 28.9 Å². The Morgan fingerprint density at radius 3 is 2.28 bits per heavy atom. The highest BCUT2D eigenvalue weighted by Crippen LogP contribution is 2.39. The van der Waals surface area contributed by atoms with Crippen molar-refractivity contribution in [2.24, 2.45) is 0 Å². The van der Waals surface area contributed by atoms with E-state index in [1.807, 2.05) is 4.90 Å². The highest BCUT2D eigenvalue weighted by Gasteiger charge is 2.33. The van der Waals surface area contributed by atoms with Crippen molar-refractivity contribution in [3.63, 3.8) is 0 Å². The highest BCUT2D eigenvalue weighted by atomic mass is 35.5. The summed E-state index contributed by atoms with van der Waals surface area (Å²) in [5, 5.41) is -0.169. The fourth-order valence-corrected chi connectivity index (χ4v) is 2.26. The van der Waals surface area contributed by atoms with Gasteiger partial charge in [0, 0.05) is 24.8 Å². The van der Waals surface area contributed by atoms with Crippen LogP contribution in [0, 0.1) is 0 Å². The predicted octanol–water partition coefficient (Wildman–Crippen LogP) is 4.49. The lowest BCUT2D eigenvalue weighted by molar-refractivity contribution is -0.274. The number of ether oxygens (including phenoxy) is 1. The van der Waals surface area contributed by atoms with E-state index >= 15 is 0 Å². The maximum absolute atomic E-state index is 12.2. The van der Waals surface area contributed by atoms with Gasteiger partial charge in [0.25, 0.3) is 0 Å². The summed E-state index contributed by atoms with van der Waals surface area (Å²) in [5.74, 6) is -0.460. The number of benzene rings is 1. The molecule has 0 radical (unpaired) electrons. The third-order valence-corrected chi connectivity index (χ3v) is 3.46. The summed E-state index contributed by atoms with van der Waals surface area (Å²) in [6, 6.07) is 2.82. The van der Waals surface area contributed by atoms with Gasteiger partial charge in [0.1, 0.15) is 5.02 Å². The summed E-state index contributed by atoms with van der Waals surface area (Å²) < 4.78 is 40.5. The summed E-state index contributed by atoms with van der Waals surface area (Å²) >= 11 is 11.5. The minimum Gasteiger partial charge on any atom is -0.404 e. The maximum atomic E-state index is 12.2. The molecule has 0 unspecified atom stereocenters. The third kappa shape index (κ3) is 3.14. The standard InChI is InChI=1S/C11H10Cl2F3NO/c12-8-5-7(17-3-1-2-4-17)6-9(10(8)13)18-11(14,15)16/h5-6H,1-4H2. The number of anilines is 1. The number of nitrogens with zero attached hydrogens (tertiary/aromatic N) is 1. The SMILES string of the molecule is FC(F)(F)Oc1cc(N2CCCC2)cc(Cl)c1Cl. The van der Waals surface area contributed by atoms with E-state index in [9.17, 15) is 13.2 Å². The topological polar surface area (TPSA) is 12.5 Å². The van der Waals surface area contributed by atoms with Crippen LogP contribution in [0.4, 0.5) is 18.9 Å². The Labute approximate surface area is 112 Å². The second-order valence-corrected chi connectivity index (χ2v) is 4.77. The maximum Gasteiger partial charge on any atom is 0.573 e. The molecule has 0 aromatic heterocycles. The first-order valence-electron chi connectivity index (χ1n) is 5.36. The molecule has 1 saturated heterocycles. The van der Waals surface area contributed by atoms with Crippen molar-refractivity contribution < 1.29 is 17.9 Å². The molecule has 100 valence electrons. The fourth-order valence-electron chi connectivity index (χ4n) is 1.91. The number of hydrogen-bond donors (Lipinski definition) is 0. The molecule has 18 heavy (non-hydrogen) atoms. The van der Waals surface area contributed by atoms with Gasteiger partial charge in [-0.25, -0.2) is 0 Å². The van der Waals surface area contributed by atoms with E-state index in [2.05, 4.69) is 4.74 Å². The Kier molecular flexibility index (Phi) is 3.82. The van der Waals surface area contributed by atoms with Gasteiger partial charge in [-0.05, 0) is 18.9 Å². The van der Waals surface area contributed by atoms with Crippen molar-refractivity contribution in [1.82, 2.24) is 0 Å². The molecule has 0 atom stereocenters. The number of alkyl halides is 3. The molecule has 1 aromatic carbocycles.